The molecule has 21 heavy (non-hydrogen) atoms. The van der Waals surface area contributed by atoms with E-state index in [9.17, 15) is 0 Å². The van der Waals surface area contributed by atoms with E-state index in [1.165, 1.54) is 49.8 Å². The van der Waals surface area contributed by atoms with Crippen molar-refractivity contribution in [2.45, 2.75) is 58.4 Å². The van der Waals surface area contributed by atoms with Crippen molar-refractivity contribution in [3.63, 3.8) is 0 Å². The zero-order valence-electron chi connectivity index (χ0n) is 13.8. The van der Waals surface area contributed by atoms with Gasteiger partial charge in [0.25, 0.3) is 0 Å². The van der Waals surface area contributed by atoms with Crippen LogP contribution in [-0.2, 0) is 12.8 Å². The van der Waals surface area contributed by atoms with Gasteiger partial charge in [0.2, 0.25) is 0 Å². The van der Waals surface area contributed by atoms with Crippen LogP contribution in [0.5, 0.6) is 0 Å². The summed E-state index contributed by atoms with van der Waals surface area (Å²) in [5, 5.41) is 7.08. The molecule has 2 N–H and O–H groups in total. The zero-order chi connectivity index (χ0) is 14.9. The van der Waals surface area contributed by atoms with Gasteiger partial charge < -0.3 is 10.6 Å². The summed E-state index contributed by atoms with van der Waals surface area (Å²) >= 11 is 0. The van der Waals surface area contributed by atoms with Crippen LogP contribution in [0.15, 0.2) is 24.3 Å². The average molecular weight is 288 g/mol. The maximum absolute atomic E-state index is 3.58. The number of hydrogen-bond donors (Lipinski definition) is 2. The highest BCUT2D eigenvalue weighted by Crippen LogP contribution is 2.18. The number of rotatable bonds is 11. The lowest BCUT2D eigenvalue weighted by Gasteiger charge is -2.08. The Hall–Kier alpha value is -0.860. The molecule has 2 rings (SSSR count). The molecular formula is C19H32N2. The van der Waals surface area contributed by atoms with Crippen molar-refractivity contribution in [2.24, 2.45) is 5.92 Å². The third-order valence-corrected chi connectivity index (χ3v) is 4.07. The SMILES string of the molecule is CC(C)CNCCc1ccc(CCCCNC2CC2)cc1. The van der Waals surface area contributed by atoms with Crippen molar-refractivity contribution >= 4 is 0 Å². The van der Waals surface area contributed by atoms with Crippen LogP contribution < -0.4 is 10.6 Å². The van der Waals surface area contributed by atoms with Crippen LogP contribution >= 0.6 is 0 Å². The molecule has 0 atom stereocenters. The Balaban J connectivity index is 1.55. The smallest absolute Gasteiger partial charge is 0.00682 e. The van der Waals surface area contributed by atoms with Gasteiger partial charge in [0.15, 0.2) is 0 Å². The van der Waals surface area contributed by atoms with Crippen molar-refractivity contribution in [3.05, 3.63) is 35.4 Å². The maximum Gasteiger partial charge on any atom is 0.00682 e. The fourth-order valence-electron chi connectivity index (χ4n) is 2.54. The average Bonchev–Trinajstić information content (AvgIpc) is 3.29. The van der Waals surface area contributed by atoms with Gasteiger partial charge in [-0.15, -0.1) is 0 Å². The highest BCUT2D eigenvalue weighted by Gasteiger charge is 2.19. The van der Waals surface area contributed by atoms with Crippen LogP contribution in [0.25, 0.3) is 0 Å². The molecule has 0 saturated heterocycles. The quantitative estimate of drug-likeness (QED) is 0.609. The van der Waals surface area contributed by atoms with E-state index >= 15 is 0 Å². The van der Waals surface area contributed by atoms with Gasteiger partial charge in [0.05, 0.1) is 0 Å². The van der Waals surface area contributed by atoms with E-state index in [0.29, 0.717) is 0 Å². The topological polar surface area (TPSA) is 24.1 Å². The van der Waals surface area contributed by atoms with Crippen LogP contribution in [-0.4, -0.2) is 25.7 Å². The molecular weight excluding hydrogens is 256 g/mol. The van der Waals surface area contributed by atoms with Crippen molar-refractivity contribution in [3.8, 4) is 0 Å². The van der Waals surface area contributed by atoms with E-state index < -0.39 is 0 Å². The molecule has 0 heterocycles. The number of hydrogen-bond acceptors (Lipinski definition) is 2. The van der Waals surface area contributed by atoms with E-state index in [2.05, 4.69) is 48.7 Å². The second-order valence-electron chi connectivity index (χ2n) is 6.85. The van der Waals surface area contributed by atoms with Crippen LogP contribution in [0.4, 0.5) is 0 Å². The van der Waals surface area contributed by atoms with Gasteiger partial charge in [-0.05, 0) is 75.2 Å². The molecule has 0 aliphatic heterocycles. The molecule has 0 spiro atoms. The summed E-state index contributed by atoms with van der Waals surface area (Å²) in [5.74, 6) is 0.738. The molecule has 1 aliphatic carbocycles. The lowest BCUT2D eigenvalue weighted by Crippen LogP contribution is -2.22. The highest BCUT2D eigenvalue weighted by molar-refractivity contribution is 5.22. The van der Waals surface area contributed by atoms with Gasteiger partial charge in [-0.2, -0.15) is 0 Å². The Morgan fingerprint density at radius 3 is 2.24 bits per heavy atom. The Labute approximate surface area is 130 Å². The summed E-state index contributed by atoms with van der Waals surface area (Å²) in [5.41, 5.74) is 2.94. The minimum Gasteiger partial charge on any atom is -0.316 e. The van der Waals surface area contributed by atoms with E-state index in [0.717, 1.165) is 31.5 Å². The largest absolute Gasteiger partial charge is 0.316 e. The molecule has 2 nitrogen and oxygen atoms in total. The minimum atomic E-state index is 0.738. The molecule has 1 aromatic rings. The Morgan fingerprint density at radius 1 is 0.952 bits per heavy atom. The van der Waals surface area contributed by atoms with Gasteiger partial charge in [-0.1, -0.05) is 38.1 Å². The highest BCUT2D eigenvalue weighted by atomic mass is 14.9. The lowest BCUT2D eigenvalue weighted by molar-refractivity contribution is 0.554. The summed E-state index contributed by atoms with van der Waals surface area (Å²) in [7, 11) is 0. The van der Waals surface area contributed by atoms with Crippen molar-refractivity contribution in [1.82, 2.24) is 10.6 Å². The standard InChI is InChI=1S/C19H32N2/c1-16(2)15-20-14-12-18-8-6-17(7-9-18)5-3-4-13-21-19-10-11-19/h6-9,16,19-21H,3-5,10-15H2,1-2H3. The zero-order valence-corrected chi connectivity index (χ0v) is 13.8. The first-order valence-corrected chi connectivity index (χ1v) is 8.76. The first-order valence-electron chi connectivity index (χ1n) is 8.76. The predicted molar refractivity (Wildman–Crippen MR) is 91.8 cm³/mol. The third-order valence-electron chi connectivity index (χ3n) is 4.07. The number of unbranched alkanes of at least 4 members (excludes halogenated alkanes) is 1. The third kappa shape index (κ3) is 7.63. The van der Waals surface area contributed by atoms with Crippen LogP contribution in [0.1, 0.15) is 50.7 Å². The van der Waals surface area contributed by atoms with Crippen molar-refractivity contribution in [2.75, 3.05) is 19.6 Å². The van der Waals surface area contributed by atoms with Crippen molar-refractivity contribution in [1.29, 1.82) is 0 Å². The maximum atomic E-state index is 3.58. The molecule has 1 saturated carbocycles. The van der Waals surface area contributed by atoms with Crippen LogP contribution in [0, 0.1) is 5.92 Å². The Bertz CT molecular complexity index is 379. The number of aryl methyl sites for hydroxylation is 1. The van der Waals surface area contributed by atoms with E-state index in [-0.39, 0.29) is 0 Å². The van der Waals surface area contributed by atoms with E-state index in [1.807, 2.05) is 0 Å². The Morgan fingerprint density at radius 2 is 1.62 bits per heavy atom. The fraction of sp³-hybridized carbons (Fsp3) is 0.684. The van der Waals surface area contributed by atoms with Gasteiger partial charge in [-0.25, -0.2) is 0 Å². The van der Waals surface area contributed by atoms with E-state index in [1.54, 1.807) is 0 Å². The van der Waals surface area contributed by atoms with Crippen LogP contribution in [0.3, 0.4) is 0 Å². The Kier molecular flexibility index (Phi) is 7.25. The molecule has 0 aromatic heterocycles. The summed E-state index contributed by atoms with van der Waals surface area (Å²) < 4.78 is 0. The van der Waals surface area contributed by atoms with E-state index in [4.69, 9.17) is 0 Å². The fourth-order valence-corrected chi connectivity index (χ4v) is 2.54. The van der Waals surface area contributed by atoms with Crippen molar-refractivity contribution < 1.29 is 0 Å². The molecule has 2 heteroatoms. The first-order chi connectivity index (χ1) is 10.2. The van der Waals surface area contributed by atoms with Gasteiger partial charge in [0.1, 0.15) is 0 Å². The number of benzene rings is 1. The molecule has 0 unspecified atom stereocenters. The molecule has 0 bridgehead atoms. The molecule has 0 amide bonds. The van der Waals surface area contributed by atoms with Gasteiger partial charge in [-0.3, -0.25) is 0 Å². The lowest BCUT2D eigenvalue weighted by atomic mass is 10.0. The minimum absolute atomic E-state index is 0.738. The summed E-state index contributed by atoms with van der Waals surface area (Å²) in [6, 6.07) is 10.1. The van der Waals surface area contributed by atoms with Gasteiger partial charge in [0, 0.05) is 6.04 Å². The first kappa shape index (κ1) is 16.5. The van der Waals surface area contributed by atoms with Gasteiger partial charge >= 0.3 is 0 Å². The molecule has 1 aliphatic rings. The molecule has 118 valence electrons. The molecule has 1 aromatic carbocycles. The summed E-state index contributed by atoms with van der Waals surface area (Å²) in [6.07, 6.45) is 7.75. The number of nitrogens with one attached hydrogen (secondary N) is 2. The summed E-state index contributed by atoms with van der Waals surface area (Å²) in [4.78, 5) is 0. The molecule has 0 radical (unpaired) electrons. The molecule has 1 fully saturated rings. The van der Waals surface area contributed by atoms with Crippen LogP contribution in [0.2, 0.25) is 0 Å². The predicted octanol–water partition coefficient (Wildman–Crippen LogP) is 3.55. The second kappa shape index (κ2) is 9.22. The second-order valence-corrected chi connectivity index (χ2v) is 6.85. The normalized spacial score (nSPS) is 14.8. The monoisotopic (exact) mass is 288 g/mol. The summed E-state index contributed by atoms with van der Waals surface area (Å²) in [6.45, 7) is 7.91.